The maximum atomic E-state index is 11.0. The smallest absolute Gasteiger partial charge is 0.150 e. The van der Waals surface area contributed by atoms with E-state index in [-0.39, 0.29) is 0 Å². The van der Waals surface area contributed by atoms with Crippen molar-refractivity contribution in [1.82, 2.24) is 0 Å². The molecule has 0 amide bonds. The first-order valence-electron chi connectivity index (χ1n) is 8.29. The molecule has 26 heavy (non-hydrogen) atoms. The van der Waals surface area contributed by atoms with Crippen molar-refractivity contribution in [3.8, 4) is 0 Å². The minimum absolute atomic E-state index is 0.637. The highest BCUT2D eigenvalue weighted by Crippen LogP contribution is 2.09. The van der Waals surface area contributed by atoms with Crippen molar-refractivity contribution in [2.45, 2.75) is 6.55 Å². The van der Waals surface area contributed by atoms with Crippen LogP contribution in [0.2, 0.25) is 6.55 Å². The van der Waals surface area contributed by atoms with Crippen LogP contribution in [0.1, 0.15) is 31.1 Å². The Kier molecular flexibility index (Phi) is 5.05. The van der Waals surface area contributed by atoms with E-state index in [0.717, 1.165) is 34.4 Å². The molecule has 0 unspecified atom stereocenters. The summed E-state index contributed by atoms with van der Waals surface area (Å²) in [5.41, 5.74) is 1.91. The Labute approximate surface area is 153 Å². The number of hydrogen-bond donors (Lipinski definition) is 0. The lowest BCUT2D eigenvalue weighted by Crippen LogP contribution is -2.64. The second-order valence-electron chi connectivity index (χ2n) is 6.34. The van der Waals surface area contributed by atoms with Crippen LogP contribution in [0.4, 0.5) is 0 Å². The van der Waals surface area contributed by atoms with Crippen molar-refractivity contribution in [2.75, 3.05) is 0 Å². The van der Waals surface area contributed by atoms with E-state index in [2.05, 4.69) is 6.55 Å². The van der Waals surface area contributed by atoms with Gasteiger partial charge >= 0.3 is 0 Å². The van der Waals surface area contributed by atoms with Gasteiger partial charge in [-0.3, -0.25) is 14.4 Å². The Morgan fingerprint density at radius 1 is 0.500 bits per heavy atom. The van der Waals surface area contributed by atoms with Crippen molar-refractivity contribution in [2.24, 2.45) is 0 Å². The Hall–Kier alpha value is -3.11. The highest BCUT2D eigenvalue weighted by molar-refractivity contribution is 7.10. The van der Waals surface area contributed by atoms with E-state index < -0.39 is 8.07 Å². The molecule has 3 rings (SSSR count). The van der Waals surface area contributed by atoms with Crippen molar-refractivity contribution in [1.29, 1.82) is 0 Å². The van der Waals surface area contributed by atoms with Gasteiger partial charge in [0, 0.05) is 16.7 Å². The number of carbonyl (C=O) groups excluding carboxylic acids is 3. The zero-order valence-corrected chi connectivity index (χ0v) is 15.4. The van der Waals surface area contributed by atoms with Gasteiger partial charge in [-0.05, 0) is 15.6 Å². The highest BCUT2D eigenvalue weighted by atomic mass is 28.3. The van der Waals surface area contributed by atoms with Crippen LogP contribution in [0.5, 0.6) is 0 Å². The van der Waals surface area contributed by atoms with Crippen LogP contribution < -0.4 is 15.6 Å². The molecule has 0 aliphatic carbocycles. The second-order valence-corrected chi connectivity index (χ2v) is 10.3. The fourth-order valence-corrected chi connectivity index (χ4v) is 6.69. The molecule has 0 fully saturated rings. The van der Waals surface area contributed by atoms with Crippen LogP contribution >= 0.6 is 0 Å². The van der Waals surface area contributed by atoms with Crippen LogP contribution in [-0.4, -0.2) is 26.9 Å². The highest BCUT2D eigenvalue weighted by Gasteiger charge is 2.34. The van der Waals surface area contributed by atoms with Gasteiger partial charge in [-0.15, -0.1) is 0 Å². The number of carbonyl (C=O) groups is 3. The second kappa shape index (κ2) is 7.41. The van der Waals surface area contributed by atoms with Crippen LogP contribution in [0.3, 0.4) is 0 Å². The van der Waals surface area contributed by atoms with Gasteiger partial charge in [0.25, 0.3) is 0 Å². The largest absolute Gasteiger partial charge is 0.298 e. The van der Waals surface area contributed by atoms with Gasteiger partial charge in [0.15, 0.2) is 0 Å². The molecule has 0 saturated carbocycles. The average molecular weight is 358 g/mol. The van der Waals surface area contributed by atoms with Gasteiger partial charge in [0.05, 0.1) is 0 Å². The Balaban J connectivity index is 2.19. The van der Waals surface area contributed by atoms with Gasteiger partial charge < -0.3 is 0 Å². The van der Waals surface area contributed by atoms with Gasteiger partial charge in [-0.2, -0.15) is 0 Å². The van der Waals surface area contributed by atoms with Gasteiger partial charge in [0.1, 0.15) is 26.9 Å². The van der Waals surface area contributed by atoms with E-state index in [4.69, 9.17) is 0 Å². The third-order valence-corrected chi connectivity index (χ3v) is 9.34. The standard InChI is InChI=1S/C22H18O3Si/c1-26(20-8-2-17(14-23)3-9-20,21-10-4-18(15-24)5-11-21)22-12-6-19(16-25)7-13-22/h2-16H,1H3. The summed E-state index contributed by atoms with van der Waals surface area (Å²) in [5, 5.41) is 3.46. The molecular weight excluding hydrogens is 340 g/mol. The third kappa shape index (κ3) is 3.19. The van der Waals surface area contributed by atoms with E-state index in [9.17, 15) is 14.4 Å². The normalized spacial score (nSPS) is 11.0. The van der Waals surface area contributed by atoms with Crippen LogP contribution in [0.15, 0.2) is 72.8 Å². The third-order valence-electron chi connectivity index (χ3n) is 4.87. The topological polar surface area (TPSA) is 51.2 Å². The zero-order valence-electron chi connectivity index (χ0n) is 14.4. The molecule has 0 aliphatic heterocycles. The zero-order chi connectivity index (χ0) is 18.6. The fraction of sp³-hybridized carbons (Fsp3) is 0.0455. The monoisotopic (exact) mass is 358 g/mol. The lowest BCUT2D eigenvalue weighted by atomic mass is 10.2. The lowest BCUT2D eigenvalue weighted by molar-refractivity contribution is 0.111. The SMILES string of the molecule is C[Si](c1ccc(C=O)cc1)(c1ccc(C=O)cc1)c1ccc(C=O)cc1. The molecule has 4 heteroatoms. The molecule has 0 heterocycles. The molecular formula is C22H18O3Si. The molecule has 0 aliphatic rings. The quantitative estimate of drug-likeness (QED) is 0.386. The minimum Gasteiger partial charge on any atom is -0.298 e. The summed E-state index contributed by atoms with van der Waals surface area (Å²) < 4.78 is 0. The van der Waals surface area contributed by atoms with Crippen LogP contribution in [-0.2, 0) is 0 Å². The van der Waals surface area contributed by atoms with Crippen LogP contribution in [0.25, 0.3) is 0 Å². The van der Waals surface area contributed by atoms with E-state index >= 15 is 0 Å². The predicted octanol–water partition coefficient (Wildman–Crippen LogP) is 2.22. The minimum atomic E-state index is -2.33. The molecule has 0 saturated heterocycles. The fourth-order valence-electron chi connectivity index (χ4n) is 3.19. The molecule has 3 aromatic carbocycles. The summed E-state index contributed by atoms with van der Waals surface area (Å²) in [5.74, 6) is 0. The van der Waals surface area contributed by atoms with Gasteiger partial charge in [0.2, 0.25) is 0 Å². The van der Waals surface area contributed by atoms with Crippen molar-refractivity contribution in [3.63, 3.8) is 0 Å². The molecule has 0 bridgehead atoms. The molecule has 0 aromatic heterocycles. The number of aldehydes is 3. The molecule has 0 atom stereocenters. The van der Waals surface area contributed by atoms with Crippen molar-refractivity contribution in [3.05, 3.63) is 89.5 Å². The van der Waals surface area contributed by atoms with Crippen molar-refractivity contribution < 1.29 is 14.4 Å². The number of benzene rings is 3. The summed E-state index contributed by atoms with van der Waals surface area (Å²) in [7, 11) is -2.33. The number of hydrogen-bond acceptors (Lipinski definition) is 3. The van der Waals surface area contributed by atoms with E-state index in [1.807, 2.05) is 72.8 Å². The summed E-state index contributed by atoms with van der Waals surface area (Å²) in [6.45, 7) is 2.23. The molecule has 128 valence electrons. The summed E-state index contributed by atoms with van der Waals surface area (Å²) in [4.78, 5) is 33.0. The maximum Gasteiger partial charge on any atom is 0.150 e. The van der Waals surface area contributed by atoms with Crippen molar-refractivity contribution >= 4 is 42.5 Å². The number of rotatable bonds is 6. The lowest BCUT2D eigenvalue weighted by Gasteiger charge is -2.29. The van der Waals surface area contributed by atoms with E-state index in [1.165, 1.54) is 0 Å². The molecule has 0 spiro atoms. The first-order chi connectivity index (χ1) is 12.6. The summed E-state index contributed by atoms with van der Waals surface area (Å²) in [6, 6.07) is 22.9. The summed E-state index contributed by atoms with van der Waals surface area (Å²) >= 11 is 0. The van der Waals surface area contributed by atoms with E-state index in [1.54, 1.807) is 0 Å². The molecule has 0 radical (unpaired) electrons. The van der Waals surface area contributed by atoms with Crippen LogP contribution in [0, 0.1) is 0 Å². The average Bonchev–Trinajstić information content (AvgIpc) is 2.73. The Bertz CT molecular complexity index is 801. The first-order valence-corrected chi connectivity index (χ1v) is 10.8. The van der Waals surface area contributed by atoms with Gasteiger partial charge in [-0.25, -0.2) is 0 Å². The maximum absolute atomic E-state index is 11.0. The van der Waals surface area contributed by atoms with Gasteiger partial charge in [-0.1, -0.05) is 79.3 Å². The molecule has 3 nitrogen and oxygen atoms in total. The summed E-state index contributed by atoms with van der Waals surface area (Å²) in [6.07, 6.45) is 2.50. The Morgan fingerprint density at radius 2 is 0.731 bits per heavy atom. The molecule has 3 aromatic rings. The predicted molar refractivity (Wildman–Crippen MR) is 106 cm³/mol. The van der Waals surface area contributed by atoms with E-state index in [0.29, 0.717) is 16.7 Å². The Morgan fingerprint density at radius 3 is 0.923 bits per heavy atom. The first kappa shape index (κ1) is 17.7. The molecule has 0 N–H and O–H groups in total.